The van der Waals surface area contributed by atoms with Crippen LogP contribution in [0.25, 0.3) is 10.9 Å². The van der Waals surface area contributed by atoms with Gasteiger partial charge in [0.15, 0.2) is 0 Å². The van der Waals surface area contributed by atoms with Crippen molar-refractivity contribution in [1.82, 2.24) is 9.58 Å². The highest BCUT2D eigenvalue weighted by molar-refractivity contribution is 6.08. The Hall–Kier alpha value is -2.95. The quantitative estimate of drug-likeness (QED) is 0.478. The average Bonchev–Trinajstić information content (AvgIpc) is 3.40. The number of carbonyl (C=O) groups excluding carboxylic acids is 2. The van der Waals surface area contributed by atoms with E-state index < -0.39 is 0 Å². The maximum Gasteiger partial charge on any atom is 0.254 e. The SMILES string of the molecule is C=CCn1c(C)c(/C=N\N2C(=O)[C@H]3[C@H](C2=O)[C@H]2C=C[C@H]3C2)c2ccccc21. The van der Waals surface area contributed by atoms with Gasteiger partial charge in [0, 0.05) is 28.7 Å². The molecule has 2 heterocycles. The molecule has 3 aliphatic rings. The standard InChI is InChI=1S/C22H21N3O2/c1-3-10-24-13(2)17(16-6-4-5-7-18(16)24)12-23-25-21(26)19-14-8-9-15(11-14)20(19)22(25)27/h3-9,12,14-15,19-20H,1,10-11H2,2H3/b23-12-/t14-,15-,19+,20+/m0/s1. The van der Waals surface area contributed by atoms with Gasteiger partial charge in [-0.05, 0) is 31.2 Å². The van der Waals surface area contributed by atoms with Crippen molar-refractivity contribution in [2.45, 2.75) is 19.9 Å². The lowest BCUT2D eigenvalue weighted by Crippen LogP contribution is -2.28. The molecule has 1 saturated carbocycles. The number of amides is 2. The Morgan fingerprint density at radius 2 is 1.81 bits per heavy atom. The Kier molecular flexibility index (Phi) is 3.47. The summed E-state index contributed by atoms with van der Waals surface area (Å²) in [4.78, 5) is 25.6. The van der Waals surface area contributed by atoms with Crippen molar-refractivity contribution >= 4 is 28.9 Å². The van der Waals surface area contributed by atoms with E-state index in [1.807, 2.05) is 31.2 Å². The fraction of sp³-hybridized carbons (Fsp3) is 0.318. The zero-order chi connectivity index (χ0) is 18.7. The van der Waals surface area contributed by atoms with Gasteiger partial charge in [0.05, 0.1) is 18.1 Å². The molecule has 2 aliphatic carbocycles. The number of hydrazone groups is 1. The van der Waals surface area contributed by atoms with E-state index in [4.69, 9.17) is 0 Å². The fourth-order valence-corrected chi connectivity index (χ4v) is 5.10. The largest absolute Gasteiger partial charge is 0.340 e. The summed E-state index contributed by atoms with van der Waals surface area (Å²) in [5.74, 6) is -0.322. The first kappa shape index (κ1) is 16.2. The van der Waals surface area contributed by atoms with Crippen molar-refractivity contribution in [2.75, 3.05) is 0 Å². The van der Waals surface area contributed by atoms with Gasteiger partial charge in [0.25, 0.3) is 11.8 Å². The van der Waals surface area contributed by atoms with Crippen LogP contribution in [0.2, 0.25) is 0 Å². The Bertz CT molecular complexity index is 1020. The second-order valence-corrected chi connectivity index (χ2v) is 7.65. The predicted molar refractivity (Wildman–Crippen MR) is 104 cm³/mol. The zero-order valence-corrected chi connectivity index (χ0v) is 15.2. The van der Waals surface area contributed by atoms with E-state index in [1.54, 1.807) is 6.21 Å². The highest BCUT2D eigenvalue weighted by atomic mass is 16.2. The van der Waals surface area contributed by atoms with E-state index in [-0.39, 0.29) is 35.5 Å². The monoisotopic (exact) mass is 359 g/mol. The second kappa shape index (κ2) is 5.78. The number of hydrogen-bond acceptors (Lipinski definition) is 3. The van der Waals surface area contributed by atoms with E-state index in [9.17, 15) is 9.59 Å². The second-order valence-electron chi connectivity index (χ2n) is 7.65. The van der Waals surface area contributed by atoms with Crippen LogP contribution in [0.3, 0.4) is 0 Å². The number of nitrogens with zero attached hydrogens (tertiary/aromatic N) is 3. The van der Waals surface area contributed by atoms with Gasteiger partial charge in [-0.2, -0.15) is 10.1 Å². The highest BCUT2D eigenvalue weighted by Gasteiger charge is 2.59. The van der Waals surface area contributed by atoms with Crippen LogP contribution < -0.4 is 0 Å². The molecule has 0 spiro atoms. The van der Waals surface area contributed by atoms with Crippen molar-refractivity contribution in [3.05, 3.63) is 60.3 Å². The topological polar surface area (TPSA) is 54.7 Å². The van der Waals surface area contributed by atoms with Gasteiger partial charge in [-0.25, -0.2) is 0 Å². The molecular weight excluding hydrogens is 338 g/mol. The van der Waals surface area contributed by atoms with Gasteiger partial charge in [-0.15, -0.1) is 6.58 Å². The summed E-state index contributed by atoms with van der Waals surface area (Å²) in [5, 5.41) is 6.53. The minimum atomic E-state index is -0.215. The van der Waals surface area contributed by atoms with E-state index in [0.29, 0.717) is 6.54 Å². The molecule has 2 amide bonds. The lowest BCUT2D eigenvalue weighted by atomic mass is 9.85. The van der Waals surface area contributed by atoms with Crippen molar-refractivity contribution in [1.29, 1.82) is 0 Å². The van der Waals surface area contributed by atoms with Crippen LogP contribution in [-0.4, -0.2) is 27.6 Å². The molecule has 27 heavy (non-hydrogen) atoms. The lowest BCUT2D eigenvalue weighted by molar-refractivity contribution is -0.140. The summed E-state index contributed by atoms with van der Waals surface area (Å²) in [7, 11) is 0. The van der Waals surface area contributed by atoms with E-state index in [1.165, 1.54) is 0 Å². The first-order valence-corrected chi connectivity index (χ1v) is 9.40. The maximum atomic E-state index is 12.8. The number of para-hydroxylation sites is 1. The number of aromatic nitrogens is 1. The predicted octanol–water partition coefficient (Wildman–Crippen LogP) is 3.28. The number of rotatable bonds is 4. The molecular formula is C22H21N3O2. The fourth-order valence-electron chi connectivity index (χ4n) is 5.10. The van der Waals surface area contributed by atoms with Gasteiger partial charge < -0.3 is 4.57 Å². The summed E-state index contributed by atoms with van der Waals surface area (Å²) in [6.45, 7) is 6.56. The highest BCUT2D eigenvalue weighted by Crippen LogP contribution is 2.52. The number of imide groups is 1. The average molecular weight is 359 g/mol. The van der Waals surface area contributed by atoms with Crippen molar-refractivity contribution in [3.63, 3.8) is 0 Å². The Morgan fingerprint density at radius 3 is 2.48 bits per heavy atom. The Balaban J connectivity index is 1.52. The van der Waals surface area contributed by atoms with Crippen molar-refractivity contribution < 1.29 is 9.59 Å². The van der Waals surface area contributed by atoms with Crippen molar-refractivity contribution in [3.8, 4) is 0 Å². The molecule has 2 fully saturated rings. The van der Waals surface area contributed by atoms with Crippen LogP contribution in [0, 0.1) is 30.6 Å². The molecule has 5 rings (SSSR count). The molecule has 0 unspecified atom stereocenters. The molecule has 1 saturated heterocycles. The molecule has 2 aromatic rings. The third-order valence-electron chi connectivity index (χ3n) is 6.34. The Morgan fingerprint density at radius 1 is 1.15 bits per heavy atom. The number of allylic oxidation sites excluding steroid dienone is 3. The van der Waals surface area contributed by atoms with Gasteiger partial charge in [-0.1, -0.05) is 36.4 Å². The molecule has 0 radical (unpaired) electrons. The molecule has 1 aromatic heterocycles. The molecule has 1 aromatic carbocycles. The van der Waals surface area contributed by atoms with Gasteiger partial charge in [-0.3, -0.25) is 9.59 Å². The van der Waals surface area contributed by atoms with Crippen molar-refractivity contribution in [2.24, 2.45) is 28.8 Å². The van der Waals surface area contributed by atoms with Crippen LogP contribution in [0.5, 0.6) is 0 Å². The lowest BCUT2D eigenvalue weighted by Gasteiger charge is -2.13. The third kappa shape index (κ3) is 2.14. The zero-order valence-electron chi connectivity index (χ0n) is 15.2. The number of hydrogen-bond donors (Lipinski definition) is 0. The molecule has 4 atom stereocenters. The molecule has 5 nitrogen and oxygen atoms in total. The minimum Gasteiger partial charge on any atom is -0.340 e. The van der Waals surface area contributed by atoms with Crippen LogP contribution in [0.15, 0.2) is 54.2 Å². The minimum absolute atomic E-state index is 0.148. The van der Waals surface area contributed by atoms with Gasteiger partial charge in [0.2, 0.25) is 0 Å². The maximum absolute atomic E-state index is 12.8. The molecule has 2 bridgehead atoms. The summed E-state index contributed by atoms with van der Waals surface area (Å²) in [5.41, 5.74) is 3.07. The van der Waals surface area contributed by atoms with Crippen LogP contribution in [0.1, 0.15) is 17.7 Å². The van der Waals surface area contributed by atoms with Crippen LogP contribution in [-0.2, 0) is 16.1 Å². The summed E-state index contributed by atoms with van der Waals surface area (Å²) in [6, 6.07) is 8.08. The summed E-state index contributed by atoms with van der Waals surface area (Å²) >= 11 is 0. The van der Waals surface area contributed by atoms with E-state index in [2.05, 4.69) is 34.5 Å². The first-order valence-electron chi connectivity index (χ1n) is 9.40. The molecule has 5 heteroatoms. The van der Waals surface area contributed by atoms with Gasteiger partial charge in [0.1, 0.15) is 0 Å². The summed E-state index contributed by atoms with van der Waals surface area (Å²) < 4.78 is 2.16. The normalized spacial score (nSPS) is 28.9. The van der Waals surface area contributed by atoms with E-state index >= 15 is 0 Å². The third-order valence-corrected chi connectivity index (χ3v) is 6.34. The number of benzene rings is 1. The molecule has 1 aliphatic heterocycles. The first-order chi connectivity index (χ1) is 13.1. The number of carbonyl (C=O) groups is 2. The van der Waals surface area contributed by atoms with Crippen LogP contribution >= 0.6 is 0 Å². The Labute approximate surface area is 157 Å². The molecule has 136 valence electrons. The van der Waals surface area contributed by atoms with Gasteiger partial charge >= 0.3 is 0 Å². The number of fused-ring (bicyclic) bond motifs is 6. The molecule has 0 N–H and O–H groups in total. The summed E-state index contributed by atoms with van der Waals surface area (Å²) in [6.07, 6.45) is 8.65. The van der Waals surface area contributed by atoms with E-state index in [0.717, 1.165) is 33.6 Å². The smallest absolute Gasteiger partial charge is 0.254 e. The van der Waals surface area contributed by atoms with Crippen LogP contribution in [0.4, 0.5) is 0 Å².